The summed E-state index contributed by atoms with van der Waals surface area (Å²) in [6.45, 7) is 0. The van der Waals surface area contributed by atoms with Crippen LogP contribution in [0.4, 0.5) is 0 Å². The van der Waals surface area contributed by atoms with Gasteiger partial charge in [0.05, 0.1) is 6.20 Å². The number of carbonyl (C=O) groups is 1. The Kier molecular flexibility index (Phi) is 1.05. The zero-order valence-corrected chi connectivity index (χ0v) is 3.84. The molecule has 3 N–H and O–H groups in total. The van der Waals surface area contributed by atoms with Crippen molar-refractivity contribution in [3.05, 3.63) is 12.0 Å². The summed E-state index contributed by atoms with van der Waals surface area (Å²) < 4.78 is 0. The number of hydrazine groups is 1. The Morgan fingerprint density at radius 2 is 2.62 bits per heavy atom. The predicted molar refractivity (Wildman–Crippen MR) is 23.1 cm³/mol. The van der Waals surface area contributed by atoms with Crippen LogP contribution in [0.25, 0.3) is 0 Å². The highest BCUT2D eigenvalue weighted by atomic mass is 16.7. The Morgan fingerprint density at radius 3 is 2.88 bits per heavy atom. The Hall–Kier alpha value is -1.23. The largest absolute Gasteiger partial charge is 0.475 e. The molecule has 0 aromatic rings. The minimum absolute atomic E-state index is 0.134. The van der Waals surface area contributed by atoms with Gasteiger partial charge in [0.1, 0.15) is 0 Å². The number of hydrogen-bond donors (Lipinski definition) is 3. The van der Waals surface area contributed by atoms with Crippen LogP contribution in [0, 0.1) is 0 Å². The molecule has 5 nitrogen and oxygen atoms in total. The van der Waals surface area contributed by atoms with E-state index < -0.39 is 5.97 Å². The molecular formula is C3H4N2O3. The summed E-state index contributed by atoms with van der Waals surface area (Å²) in [5.41, 5.74) is 4.47. The molecule has 0 atom stereocenters. The molecule has 0 amide bonds. The SMILES string of the molecule is O=C(O)C1=CNNO1. The average Bonchev–Trinajstić information content (AvgIpc) is 2.12. The summed E-state index contributed by atoms with van der Waals surface area (Å²) >= 11 is 0. The van der Waals surface area contributed by atoms with E-state index in [2.05, 4.69) is 15.9 Å². The lowest BCUT2D eigenvalue weighted by molar-refractivity contribution is -0.137. The molecule has 1 heterocycles. The molecule has 0 spiro atoms. The summed E-state index contributed by atoms with van der Waals surface area (Å²) in [6, 6.07) is 0. The fourth-order valence-corrected chi connectivity index (χ4v) is 0.314. The van der Waals surface area contributed by atoms with Crippen molar-refractivity contribution in [3.63, 3.8) is 0 Å². The van der Waals surface area contributed by atoms with Gasteiger partial charge in [0.2, 0.25) is 0 Å². The Labute approximate surface area is 44.9 Å². The maximum absolute atomic E-state index is 9.93. The summed E-state index contributed by atoms with van der Waals surface area (Å²) in [4.78, 5) is 14.2. The van der Waals surface area contributed by atoms with E-state index in [1.54, 1.807) is 0 Å². The molecule has 0 saturated carbocycles. The Balaban J connectivity index is 2.57. The molecule has 0 fully saturated rings. The van der Waals surface area contributed by atoms with E-state index in [9.17, 15) is 4.79 Å². The second-order valence-corrected chi connectivity index (χ2v) is 1.16. The van der Waals surface area contributed by atoms with Crippen LogP contribution >= 0.6 is 0 Å². The van der Waals surface area contributed by atoms with E-state index in [1.807, 2.05) is 0 Å². The second kappa shape index (κ2) is 1.71. The molecule has 1 aliphatic rings. The van der Waals surface area contributed by atoms with E-state index in [1.165, 1.54) is 6.20 Å². The number of nitrogens with one attached hydrogen (secondary N) is 2. The number of hydrogen-bond acceptors (Lipinski definition) is 4. The van der Waals surface area contributed by atoms with Crippen molar-refractivity contribution in [1.29, 1.82) is 0 Å². The lowest BCUT2D eigenvalue weighted by atomic mass is 10.6. The summed E-state index contributed by atoms with van der Waals surface area (Å²) in [5, 5.41) is 8.14. The number of rotatable bonds is 1. The van der Waals surface area contributed by atoms with Crippen LogP contribution in [0.2, 0.25) is 0 Å². The first-order chi connectivity index (χ1) is 3.80. The van der Waals surface area contributed by atoms with Gasteiger partial charge in [-0.05, 0) is 0 Å². The van der Waals surface area contributed by atoms with Gasteiger partial charge in [-0.2, -0.15) is 0 Å². The van der Waals surface area contributed by atoms with Gasteiger partial charge in [-0.15, -0.1) is 0 Å². The van der Waals surface area contributed by atoms with E-state index in [4.69, 9.17) is 5.11 Å². The minimum atomic E-state index is -1.09. The first kappa shape index (κ1) is 4.92. The van der Waals surface area contributed by atoms with Gasteiger partial charge < -0.3 is 9.94 Å². The van der Waals surface area contributed by atoms with Crippen molar-refractivity contribution in [2.45, 2.75) is 0 Å². The van der Waals surface area contributed by atoms with Crippen molar-refractivity contribution in [1.82, 2.24) is 11.0 Å². The van der Waals surface area contributed by atoms with Crippen LogP contribution in [-0.4, -0.2) is 11.1 Å². The molecule has 0 saturated heterocycles. The quantitative estimate of drug-likeness (QED) is 0.408. The van der Waals surface area contributed by atoms with Gasteiger partial charge in [-0.1, -0.05) is 5.59 Å². The van der Waals surface area contributed by atoms with Crippen LogP contribution in [-0.2, 0) is 9.63 Å². The summed E-state index contributed by atoms with van der Waals surface area (Å²) in [5.74, 6) is -1.23. The third-order valence-corrected chi connectivity index (χ3v) is 0.634. The fraction of sp³-hybridized carbons (Fsp3) is 0. The van der Waals surface area contributed by atoms with Crippen LogP contribution in [0.3, 0.4) is 0 Å². The van der Waals surface area contributed by atoms with Crippen molar-refractivity contribution in [2.24, 2.45) is 0 Å². The summed E-state index contributed by atoms with van der Waals surface area (Å²) in [7, 11) is 0. The first-order valence-electron chi connectivity index (χ1n) is 1.91. The van der Waals surface area contributed by atoms with E-state index in [-0.39, 0.29) is 5.76 Å². The van der Waals surface area contributed by atoms with Crippen LogP contribution in [0.5, 0.6) is 0 Å². The topological polar surface area (TPSA) is 70.6 Å². The van der Waals surface area contributed by atoms with Crippen LogP contribution in [0.1, 0.15) is 0 Å². The number of aliphatic carboxylic acids is 1. The fourth-order valence-electron chi connectivity index (χ4n) is 0.314. The van der Waals surface area contributed by atoms with Gasteiger partial charge in [-0.25, -0.2) is 4.79 Å². The highest BCUT2D eigenvalue weighted by Gasteiger charge is 2.11. The Bertz CT molecular complexity index is 141. The third-order valence-electron chi connectivity index (χ3n) is 0.634. The molecular weight excluding hydrogens is 112 g/mol. The van der Waals surface area contributed by atoms with Crippen LogP contribution in [0.15, 0.2) is 12.0 Å². The van der Waals surface area contributed by atoms with Crippen LogP contribution < -0.4 is 11.0 Å². The zero-order valence-electron chi connectivity index (χ0n) is 3.84. The molecule has 8 heavy (non-hydrogen) atoms. The number of carboxylic acids is 1. The van der Waals surface area contributed by atoms with Gasteiger partial charge in [-0.3, -0.25) is 5.43 Å². The average molecular weight is 116 g/mol. The predicted octanol–water partition coefficient (Wildman–Crippen LogP) is -1.05. The standard InChI is InChI=1S/C3H4N2O3/c6-3(7)2-1-4-5-8-2/h1,4-5H,(H,6,7). The molecule has 5 heteroatoms. The van der Waals surface area contributed by atoms with Gasteiger partial charge in [0, 0.05) is 0 Å². The molecule has 0 radical (unpaired) electrons. The molecule has 0 bridgehead atoms. The second-order valence-electron chi connectivity index (χ2n) is 1.16. The lowest BCUT2D eigenvalue weighted by Crippen LogP contribution is -2.18. The lowest BCUT2D eigenvalue weighted by Gasteiger charge is -1.91. The molecule has 44 valence electrons. The highest BCUT2D eigenvalue weighted by molar-refractivity contribution is 5.84. The third kappa shape index (κ3) is 0.710. The molecule has 0 unspecified atom stereocenters. The van der Waals surface area contributed by atoms with Crippen molar-refractivity contribution in [2.75, 3.05) is 0 Å². The number of carboxylic acid groups (broad SMARTS) is 1. The van der Waals surface area contributed by atoms with E-state index >= 15 is 0 Å². The molecule has 1 rings (SSSR count). The smallest absolute Gasteiger partial charge is 0.375 e. The van der Waals surface area contributed by atoms with E-state index in [0.717, 1.165) is 0 Å². The highest BCUT2D eigenvalue weighted by Crippen LogP contribution is 1.94. The molecule has 0 aliphatic carbocycles. The van der Waals surface area contributed by atoms with Crippen molar-refractivity contribution < 1.29 is 14.7 Å². The maximum Gasteiger partial charge on any atom is 0.375 e. The normalized spacial score (nSPS) is 16.2. The first-order valence-corrected chi connectivity index (χ1v) is 1.91. The van der Waals surface area contributed by atoms with Crippen molar-refractivity contribution >= 4 is 5.97 Å². The van der Waals surface area contributed by atoms with Gasteiger partial charge in [0.25, 0.3) is 5.76 Å². The molecule has 1 aliphatic heterocycles. The molecule has 0 aromatic carbocycles. The summed E-state index contributed by atoms with van der Waals surface area (Å²) in [6.07, 6.45) is 1.21. The maximum atomic E-state index is 9.93. The monoisotopic (exact) mass is 116 g/mol. The van der Waals surface area contributed by atoms with Crippen molar-refractivity contribution in [3.8, 4) is 0 Å². The van der Waals surface area contributed by atoms with Gasteiger partial charge >= 0.3 is 5.97 Å². The molecule has 0 aromatic heterocycles. The zero-order chi connectivity index (χ0) is 5.98. The van der Waals surface area contributed by atoms with Gasteiger partial charge in [0.15, 0.2) is 0 Å². The minimum Gasteiger partial charge on any atom is -0.475 e. The Morgan fingerprint density at radius 1 is 1.88 bits per heavy atom. The van der Waals surface area contributed by atoms with E-state index in [0.29, 0.717) is 0 Å².